The molecular weight excluding hydrogens is 280 g/mol. The molecule has 0 aromatic carbocycles. The molecule has 0 aliphatic rings. The number of ether oxygens (including phenoxy) is 2. The zero-order chi connectivity index (χ0) is 15.6. The van der Waals surface area contributed by atoms with E-state index in [2.05, 4.69) is 13.2 Å². The van der Waals surface area contributed by atoms with Crippen molar-refractivity contribution < 1.29 is 27.9 Å². The Bertz CT molecular complexity index is 368. The standard InChI is InChI=1S/C13H22O6Si/c1-6-12(14)18-10-19-20(5,16-4)9-7-8-17-13(15)11(2)3/h6H,1-2,7-10H2,3-5H3. The number of esters is 2. The van der Waals surface area contributed by atoms with Crippen LogP contribution in [0.1, 0.15) is 13.3 Å². The maximum atomic E-state index is 11.2. The SMILES string of the molecule is C=CC(=O)OCO[Si](C)(CCCOC(=O)C(=C)C)OC. The molecule has 0 spiro atoms. The fourth-order valence-corrected chi connectivity index (χ4v) is 2.75. The normalized spacial score (nSPS) is 13.2. The average molecular weight is 302 g/mol. The summed E-state index contributed by atoms with van der Waals surface area (Å²) in [5.74, 6) is -0.959. The van der Waals surface area contributed by atoms with Gasteiger partial charge in [0, 0.05) is 18.8 Å². The number of carbonyl (C=O) groups is 2. The Kier molecular flexibility index (Phi) is 8.78. The highest BCUT2D eigenvalue weighted by atomic mass is 28.4. The van der Waals surface area contributed by atoms with Gasteiger partial charge in [-0.05, 0) is 25.9 Å². The molecule has 0 radical (unpaired) electrons. The van der Waals surface area contributed by atoms with Gasteiger partial charge >= 0.3 is 20.5 Å². The van der Waals surface area contributed by atoms with Gasteiger partial charge in [0.2, 0.25) is 0 Å². The van der Waals surface area contributed by atoms with Crippen molar-refractivity contribution in [1.29, 1.82) is 0 Å². The lowest BCUT2D eigenvalue weighted by Gasteiger charge is -2.24. The quantitative estimate of drug-likeness (QED) is 0.202. The van der Waals surface area contributed by atoms with E-state index in [1.807, 2.05) is 6.55 Å². The van der Waals surface area contributed by atoms with E-state index < -0.39 is 20.5 Å². The van der Waals surface area contributed by atoms with Gasteiger partial charge in [-0.3, -0.25) is 0 Å². The van der Waals surface area contributed by atoms with Gasteiger partial charge in [0.15, 0.2) is 6.79 Å². The second-order valence-electron chi connectivity index (χ2n) is 4.29. The molecule has 0 saturated carbocycles. The van der Waals surface area contributed by atoms with Crippen molar-refractivity contribution in [3.05, 3.63) is 24.8 Å². The van der Waals surface area contributed by atoms with Crippen LogP contribution in [0.2, 0.25) is 12.6 Å². The highest BCUT2D eigenvalue weighted by Gasteiger charge is 2.30. The van der Waals surface area contributed by atoms with E-state index in [1.165, 1.54) is 0 Å². The first-order valence-corrected chi connectivity index (χ1v) is 8.68. The van der Waals surface area contributed by atoms with Crippen molar-refractivity contribution in [2.45, 2.75) is 25.9 Å². The second kappa shape index (κ2) is 9.46. The Morgan fingerprint density at radius 2 is 1.95 bits per heavy atom. The molecule has 0 aromatic heterocycles. The topological polar surface area (TPSA) is 71.1 Å². The lowest BCUT2D eigenvalue weighted by Crippen LogP contribution is -2.38. The maximum absolute atomic E-state index is 11.2. The third-order valence-corrected chi connectivity index (χ3v) is 5.37. The van der Waals surface area contributed by atoms with Crippen molar-refractivity contribution in [3.8, 4) is 0 Å². The lowest BCUT2D eigenvalue weighted by atomic mass is 10.4. The summed E-state index contributed by atoms with van der Waals surface area (Å²) >= 11 is 0. The molecule has 1 atom stereocenters. The van der Waals surface area contributed by atoms with Gasteiger partial charge in [-0.15, -0.1) is 0 Å². The van der Waals surface area contributed by atoms with Crippen molar-refractivity contribution >= 4 is 20.5 Å². The monoisotopic (exact) mass is 302 g/mol. The lowest BCUT2D eigenvalue weighted by molar-refractivity contribution is -0.145. The van der Waals surface area contributed by atoms with Crippen molar-refractivity contribution in [2.24, 2.45) is 0 Å². The molecule has 6 nitrogen and oxygen atoms in total. The third kappa shape index (κ3) is 7.88. The molecule has 114 valence electrons. The van der Waals surface area contributed by atoms with Crippen LogP contribution < -0.4 is 0 Å². The Labute approximate surface area is 120 Å². The van der Waals surface area contributed by atoms with Crippen LogP contribution in [0, 0.1) is 0 Å². The fourth-order valence-electron chi connectivity index (χ4n) is 1.19. The summed E-state index contributed by atoms with van der Waals surface area (Å²) in [4.78, 5) is 22.1. The molecule has 0 aliphatic heterocycles. The van der Waals surface area contributed by atoms with Crippen LogP contribution in [0.3, 0.4) is 0 Å². The van der Waals surface area contributed by atoms with Crippen molar-refractivity contribution in [2.75, 3.05) is 20.5 Å². The van der Waals surface area contributed by atoms with E-state index in [9.17, 15) is 9.59 Å². The summed E-state index contributed by atoms with van der Waals surface area (Å²) in [5, 5.41) is 0. The number of hydrogen-bond donors (Lipinski definition) is 0. The number of rotatable bonds is 10. The van der Waals surface area contributed by atoms with Crippen LogP contribution >= 0.6 is 0 Å². The van der Waals surface area contributed by atoms with E-state index >= 15 is 0 Å². The highest BCUT2D eigenvalue weighted by Crippen LogP contribution is 2.15. The Balaban J connectivity index is 3.99. The van der Waals surface area contributed by atoms with E-state index in [-0.39, 0.29) is 13.4 Å². The van der Waals surface area contributed by atoms with Gasteiger partial charge in [0.05, 0.1) is 6.61 Å². The van der Waals surface area contributed by atoms with E-state index in [1.54, 1.807) is 14.0 Å². The average Bonchev–Trinajstić information content (AvgIpc) is 2.42. The molecule has 0 aromatic rings. The molecule has 0 aliphatic carbocycles. The first-order valence-electron chi connectivity index (χ1n) is 6.15. The Morgan fingerprint density at radius 1 is 1.30 bits per heavy atom. The van der Waals surface area contributed by atoms with Crippen LogP contribution in [0.15, 0.2) is 24.8 Å². The van der Waals surface area contributed by atoms with E-state index in [0.29, 0.717) is 18.0 Å². The van der Waals surface area contributed by atoms with Gasteiger partial charge in [-0.1, -0.05) is 13.2 Å². The summed E-state index contributed by atoms with van der Waals surface area (Å²) < 4.78 is 20.5. The molecule has 20 heavy (non-hydrogen) atoms. The summed E-state index contributed by atoms with van der Waals surface area (Å²) in [7, 11) is -0.884. The second-order valence-corrected chi connectivity index (χ2v) is 7.75. The minimum atomic E-state index is -2.43. The van der Waals surface area contributed by atoms with Gasteiger partial charge in [0.1, 0.15) is 0 Å². The number of carbonyl (C=O) groups excluding carboxylic acids is 2. The van der Waals surface area contributed by atoms with E-state index in [4.69, 9.17) is 18.3 Å². The number of hydrogen-bond acceptors (Lipinski definition) is 6. The smallest absolute Gasteiger partial charge is 0.337 e. The Morgan fingerprint density at radius 3 is 2.45 bits per heavy atom. The van der Waals surface area contributed by atoms with Crippen molar-refractivity contribution in [3.63, 3.8) is 0 Å². The van der Waals surface area contributed by atoms with Gasteiger partial charge in [0.25, 0.3) is 0 Å². The third-order valence-electron chi connectivity index (χ3n) is 2.52. The first kappa shape index (κ1) is 18.6. The first-order chi connectivity index (χ1) is 9.34. The zero-order valence-electron chi connectivity index (χ0n) is 12.3. The summed E-state index contributed by atoms with van der Waals surface area (Å²) in [6, 6.07) is 0.610. The van der Waals surface area contributed by atoms with Gasteiger partial charge < -0.3 is 18.3 Å². The van der Waals surface area contributed by atoms with Crippen molar-refractivity contribution in [1.82, 2.24) is 0 Å². The van der Waals surface area contributed by atoms with Crippen LogP contribution in [-0.2, 0) is 27.9 Å². The molecule has 0 rings (SSSR count). The molecule has 0 N–H and O–H groups in total. The molecule has 7 heteroatoms. The van der Waals surface area contributed by atoms with Crippen LogP contribution in [0.5, 0.6) is 0 Å². The summed E-state index contributed by atoms with van der Waals surface area (Å²) in [6.07, 6.45) is 1.66. The fraction of sp³-hybridized carbons (Fsp3) is 0.538. The maximum Gasteiger partial charge on any atom is 0.337 e. The minimum Gasteiger partial charge on any atom is -0.462 e. The molecular formula is C13H22O6Si. The van der Waals surface area contributed by atoms with E-state index in [0.717, 1.165) is 6.08 Å². The molecule has 1 unspecified atom stereocenters. The molecule has 0 bridgehead atoms. The summed E-state index contributed by atoms with van der Waals surface area (Å²) in [5.41, 5.74) is 0.365. The zero-order valence-corrected chi connectivity index (χ0v) is 13.3. The highest BCUT2D eigenvalue weighted by molar-refractivity contribution is 6.65. The van der Waals surface area contributed by atoms with Crippen LogP contribution in [0.25, 0.3) is 0 Å². The predicted molar refractivity (Wildman–Crippen MR) is 76.1 cm³/mol. The molecule has 0 amide bonds. The molecule has 0 saturated heterocycles. The van der Waals surface area contributed by atoms with Gasteiger partial charge in [-0.2, -0.15) is 0 Å². The predicted octanol–water partition coefficient (Wildman–Crippen LogP) is 1.92. The largest absolute Gasteiger partial charge is 0.462 e. The molecule has 0 heterocycles. The van der Waals surface area contributed by atoms with Crippen LogP contribution in [-0.4, -0.2) is 41.0 Å². The molecule has 0 fully saturated rings. The summed E-state index contributed by atoms with van der Waals surface area (Å²) in [6.45, 7) is 10.3. The Hall–Kier alpha value is -1.44. The van der Waals surface area contributed by atoms with Gasteiger partial charge in [-0.25, -0.2) is 9.59 Å². The minimum absolute atomic E-state index is 0.174. The van der Waals surface area contributed by atoms with Crippen LogP contribution in [0.4, 0.5) is 0 Å².